The van der Waals surface area contributed by atoms with E-state index in [1.54, 1.807) is 17.7 Å². The van der Waals surface area contributed by atoms with Gasteiger partial charge in [0.05, 0.1) is 17.2 Å². The number of nitrogens with one attached hydrogen (secondary N) is 2. The number of rotatable bonds is 4. The number of piperidine rings is 1. The van der Waals surface area contributed by atoms with Crippen molar-refractivity contribution in [2.45, 2.75) is 46.1 Å². The number of likely N-dealkylation sites (tertiary alicyclic amines) is 1. The van der Waals surface area contributed by atoms with Gasteiger partial charge >= 0.3 is 0 Å². The van der Waals surface area contributed by atoms with Crippen molar-refractivity contribution in [3.63, 3.8) is 0 Å². The smallest absolute Gasteiger partial charge is 0.194 e. The summed E-state index contributed by atoms with van der Waals surface area (Å²) < 4.78 is 0. The molecule has 0 saturated carbocycles. The van der Waals surface area contributed by atoms with Crippen LogP contribution in [0.5, 0.6) is 0 Å². The highest BCUT2D eigenvalue weighted by molar-refractivity contribution is 14.0. The average Bonchev–Trinajstić information content (AvgIpc) is 3.21. The van der Waals surface area contributed by atoms with Gasteiger partial charge in [-0.15, -0.1) is 35.3 Å². The predicted molar refractivity (Wildman–Crippen MR) is 112 cm³/mol. The number of hydrogen-bond acceptors (Lipinski definition) is 5. The molecule has 1 saturated heterocycles. The molecule has 1 fully saturated rings. The van der Waals surface area contributed by atoms with E-state index >= 15 is 0 Å². The van der Waals surface area contributed by atoms with E-state index in [4.69, 9.17) is 4.99 Å². The number of H-pyrrole nitrogens is 1. The third-order valence-electron chi connectivity index (χ3n) is 4.32. The monoisotopic (exact) mass is 475 g/mol. The van der Waals surface area contributed by atoms with Crippen LogP contribution in [-0.2, 0) is 6.54 Å². The van der Waals surface area contributed by atoms with E-state index in [1.165, 1.54) is 4.88 Å². The van der Waals surface area contributed by atoms with Crippen LogP contribution in [0.3, 0.4) is 0 Å². The highest BCUT2D eigenvalue weighted by atomic mass is 127. The first kappa shape index (κ1) is 20.1. The van der Waals surface area contributed by atoms with Crippen LogP contribution in [0.4, 0.5) is 0 Å². The number of hydrogen-bond donors (Lipinski definition) is 2. The fraction of sp³-hybridized carbons (Fsp3) is 0.625. The Kier molecular flexibility index (Phi) is 7.60. The summed E-state index contributed by atoms with van der Waals surface area (Å²) in [7, 11) is 0. The Hall–Kier alpha value is -1.23. The summed E-state index contributed by atoms with van der Waals surface area (Å²) >= 11 is 1.74. The predicted octanol–water partition coefficient (Wildman–Crippen LogP) is 2.84. The molecule has 0 unspecified atom stereocenters. The van der Waals surface area contributed by atoms with Crippen LogP contribution in [0.25, 0.3) is 0 Å². The molecule has 9 heteroatoms. The molecule has 2 aromatic heterocycles. The summed E-state index contributed by atoms with van der Waals surface area (Å²) in [6.45, 7) is 9.76. The molecule has 0 bridgehead atoms. The van der Waals surface area contributed by atoms with Crippen LogP contribution in [0.2, 0.25) is 0 Å². The maximum absolute atomic E-state index is 4.84. The summed E-state index contributed by atoms with van der Waals surface area (Å²) in [6, 6.07) is 0. The third-order valence-corrected chi connectivity index (χ3v) is 5.38. The van der Waals surface area contributed by atoms with E-state index < -0.39 is 0 Å². The second kappa shape index (κ2) is 9.46. The van der Waals surface area contributed by atoms with E-state index in [-0.39, 0.29) is 24.0 Å². The minimum atomic E-state index is 0. The second-order valence-electron chi connectivity index (χ2n) is 6.04. The first-order valence-corrected chi connectivity index (χ1v) is 9.30. The minimum absolute atomic E-state index is 0. The van der Waals surface area contributed by atoms with Gasteiger partial charge in [-0.1, -0.05) is 0 Å². The van der Waals surface area contributed by atoms with Crippen LogP contribution in [0.1, 0.15) is 47.1 Å². The summed E-state index contributed by atoms with van der Waals surface area (Å²) in [5.74, 6) is 2.48. The van der Waals surface area contributed by atoms with E-state index in [9.17, 15) is 0 Å². The normalized spacial score (nSPS) is 16.0. The Labute approximate surface area is 169 Å². The van der Waals surface area contributed by atoms with Crippen molar-refractivity contribution < 1.29 is 0 Å². The molecule has 0 amide bonds. The number of thiazole rings is 1. The Balaban J connectivity index is 0.00000225. The van der Waals surface area contributed by atoms with Gasteiger partial charge in [0.15, 0.2) is 5.96 Å². The van der Waals surface area contributed by atoms with Gasteiger partial charge in [-0.3, -0.25) is 5.10 Å². The molecule has 0 aromatic carbocycles. The minimum Gasteiger partial charge on any atom is -0.357 e. The van der Waals surface area contributed by atoms with E-state index in [1.807, 2.05) is 6.92 Å². The zero-order valence-electron chi connectivity index (χ0n) is 14.9. The molecule has 0 atom stereocenters. The number of nitrogens with zero attached hydrogens (tertiary/aromatic N) is 5. The molecular weight excluding hydrogens is 449 g/mol. The molecule has 7 nitrogen and oxygen atoms in total. The number of aryl methyl sites for hydroxylation is 2. The van der Waals surface area contributed by atoms with Crippen molar-refractivity contribution in [3.8, 4) is 0 Å². The molecule has 2 N–H and O–H groups in total. The van der Waals surface area contributed by atoms with Crippen molar-refractivity contribution in [1.29, 1.82) is 0 Å². The van der Waals surface area contributed by atoms with Crippen LogP contribution in [0.15, 0.2) is 11.3 Å². The molecule has 0 aliphatic carbocycles. The van der Waals surface area contributed by atoms with Gasteiger partial charge in [-0.25, -0.2) is 15.0 Å². The third kappa shape index (κ3) is 5.13. The molecule has 2 aromatic rings. The van der Waals surface area contributed by atoms with Crippen molar-refractivity contribution in [3.05, 3.63) is 27.7 Å². The van der Waals surface area contributed by atoms with E-state index in [0.29, 0.717) is 12.5 Å². The molecule has 1 aliphatic heterocycles. The number of aromatic nitrogens is 4. The Morgan fingerprint density at radius 3 is 2.72 bits per heavy atom. The lowest BCUT2D eigenvalue weighted by molar-refractivity contribution is 0.299. The highest BCUT2D eigenvalue weighted by Gasteiger charge is 2.24. The number of aliphatic imine (C=N–C) groups is 1. The average molecular weight is 475 g/mol. The number of halogens is 1. The van der Waals surface area contributed by atoms with Crippen molar-refractivity contribution in [2.24, 2.45) is 4.99 Å². The standard InChI is InChI=1S/C16H25N7S.HI/c1-4-17-16(18-9-14-11(2)21-12(3)24-14)23-7-5-13(6-8-23)15-19-10-20-22-15;/h10,13H,4-9H2,1-3H3,(H,17,18)(H,19,20,22);1H. The topological polar surface area (TPSA) is 82.1 Å². The van der Waals surface area contributed by atoms with Gasteiger partial charge in [-0.05, 0) is 33.6 Å². The quantitative estimate of drug-likeness (QED) is 0.404. The Bertz CT molecular complexity index is 675. The van der Waals surface area contributed by atoms with Gasteiger partial charge in [0.1, 0.15) is 12.2 Å². The van der Waals surface area contributed by atoms with Crippen molar-refractivity contribution in [2.75, 3.05) is 19.6 Å². The summed E-state index contributed by atoms with van der Waals surface area (Å²) in [6.07, 6.45) is 3.73. The zero-order chi connectivity index (χ0) is 16.9. The van der Waals surface area contributed by atoms with Crippen LogP contribution in [0, 0.1) is 13.8 Å². The molecule has 25 heavy (non-hydrogen) atoms. The van der Waals surface area contributed by atoms with Crippen molar-refractivity contribution >= 4 is 41.3 Å². The summed E-state index contributed by atoms with van der Waals surface area (Å²) in [4.78, 5) is 17.2. The lowest BCUT2D eigenvalue weighted by Crippen LogP contribution is -2.45. The fourth-order valence-corrected chi connectivity index (χ4v) is 3.93. The number of aromatic amines is 1. The fourth-order valence-electron chi connectivity index (χ4n) is 3.07. The van der Waals surface area contributed by atoms with E-state index in [0.717, 1.165) is 55.0 Å². The zero-order valence-corrected chi connectivity index (χ0v) is 18.1. The molecule has 3 rings (SSSR count). The maximum atomic E-state index is 4.84. The van der Waals surface area contributed by atoms with Crippen LogP contribution in [-0.4, -0.2) is 50.7 Å². The molecule has 1 aliphatic rings. The van der Waals surface area contributed by atoms with Gasteiger partial charge < -0.3 is 10.2 Å². The second-order valence-corrected chi connectivity index (χ2v) is 7.33. The van der Waals surface area contributed by atoms with Gasteiger partial charge in [0, 0.05) is 30.4 Å². The maximum Gasteiger partial charge on any atom is 0.194 e. The lowest BCUT2D eigenvalue weighted by Gasteiger charge is -2.33. The Morgan fingerprint density at radius 1 is 1.40 bits per heavy atom. The summed E-state index contributed by atoms with van der Waals surface area (Å²) in [5, 5.41) is 11.5. The number of guanidine groups is 1. The molecule has 0 radical (unpaired) electrons. The first-order valence-electron chi connectivity index (χ1n) is 8.48. The molecule has 138 valence electrons. The summed E-state index contributed by atoms with van der Waals surface area (Å²) in [5.41, 5.74) is 1.10. The molecule has 0 spiro atoms. The van der Waals surface area contributed by atoms with Gasteiger partial charge in [0.25, 0.3) is 0 Å². The largest absolute Gasteiger partial charge is 0.357 e. The van der Waals surface area contributed by atoms with Crippen LogP contribution < -0.4 is 5.32 Å². The van der Waals surface area contributed by atoms with Gasteiger partial charge in [-0.2, -0.15) is 5.10 Å². The molecular formula is C16H26IN7S. The Morgan fingerprint density at radius 2 is 2.16 bits per heavy atom. The SMILES string of the molecule is CCNC(=NCc1sc(C)nc1C)N1CCC(c2ncn[nH]2)CC1.I. The highest BCUT2D eigenvalue weighted by Crippen LogP contribution is 2.25. The lowest BCUT2D eigenvalue weighted by atomic mass is 9.96. The van der Waals surface area contributed by atoms with E-state index in [2.05, 4.69) is 44.2 Å². The first-order chi connectivity index (χ1) is 11.7. The van der Waals surface area contributed by atoms with Crippen molar-refractivity contribution in [1.82, 2.24) is 30.4 Å². The molecule has 3 heterocycles. The van der Waals surface area contributed by atoms with Crippen LogP contribution >= 0.6 is 35.3 Å². The van der Waals surface area contributed by atoms with Gasteiger partial charge in [0.2, 0.25) is 0 Å².